The molecule has 0 bridgehead atoms. The molecule has 0 saturated carbocycles. The number of hydrogen-bond acceptors (Lipinski definition) is 4. The molecule has 0 atom stereocenters. The first-order valence-electron chi connectivity index (χ1n) is 4.52. The summed E-state index contributed by atoms with van der Waals surface area (Å²) >= 11 is 5.60. The standard InChI is InChI=1S/C9H13ClN2O3S/c1-9(2,3)15-12-16(13,14)7-4-5-11-8(10)6-7/h4-6,12H,1-3H3. The lowest BCUT2D eigenvalue weighted by Gasteiger charge is -2.19. The third kappa shape index (κ3) is 4.05. The van der Waals surface area contributed by atoms with Crippen molar-refractivity contribution in [3.63, 3.8) is 0 Å². The van der Waals surface area contributed by atoms with Crippen LogP contribution >= 0.6 is 11.6 Å². The summed E-state index contributed by atoms with van der Waals surface area (Å²) in [7, 11) is -3.71. The minimum atomic E-state index is -3.71. The highest BCUT2D eigenvalue weighted by Gasteiger charge is 2.19. The lowest BCUT2D eigenvalue weighted by atomic mass is 10.2. The molecule has 90 valence electrons. The van der Waals surface area contributed by atoms with Gasteiger partial charge in [0.05, 0.1) is 10.5 Å². The first-order chi connectivity index (χ1) is 7.21. The lowest BCUT2D eigenvalue weighted by Crippen LogP contribution is -2.33. The van der Waals surface area contributed by atoms with Gasteiger partial charge in [-0.25, -0.2) is 13.4 Å². The molecule has 0 aliphatic heterocycles. The van der Waals surface area contributed by atoms with E-state index < -0.39 is 15.6 Å². The molecule has 5 nitrogen and oxygen atoms in total. The summed E-state index contributed by atoms with van der Waals surface area (Å²) in [6.45, 7) is 5.19. The number of nitrogens with one attached hydrogen (secondary N) is 1. The summed E-state index contributed by atoms with van der Waals surface area (Å²) in [5.74, 6) is 0. The van der Waals surface area contributed by atoms with Crippen molar-refractivity contribution in [1.29, 1.82) is 0 Å². The number of hydrogen-bond donors (Lipinski definition) is 1. The van der Waals surface area contributed by atoms with Gasteiger partial charge in [-0.15, -0.1) is 0 Å². The molecule has 0 spiro atoms. The highest BCUT2D eigenvalue weighted by molar-refractivity contribution is 7.89. The second-order valence-electron chi connectivity index (χ2n) is 4.12. The van der Waals surface area contributed by atoms with Gasteiger partial charge in [0.25, 0.3) is 10.0 Å². The highest BCUT2D eigenvalue weighted by atomic mass is 35.5. The maximum atomic E-state index is 11.7. The van der Waals surface area contributed by atoms with Gasteiger partial charge in [0.1, 0.15) is 5.15 Å². The minimum absolute atomic E-state index is 0.0109. The number of aromatic nitrogens is 1. The Morgan fingerprint density at radius 1 is 1.44 bits per heavy atom. The van der Waals surface area contributed by atoms with Crippen molar-refractivity contribution in [3.05, 3.63) is 23.5 Å². The van der Waals surface area contributed by atoms with Crippen molar-refractivity contribution in [2.75, 3.05) is 0 Å². The molecule has 0 aromatic carbocycles. The van der Waals surface area contributed by atoms with Gasteiger partial charge in [0.2, 0.25) is 0 Å². The molecule has 1 heterocycles. The SMILES string of the molecule is CC(C)(C)ONS(=O)(=O)c1ccnc(Cl)c1. The Bertz CT molecular complexity index is 468. The zero-order valence-electron chi connectivity index (χ0n) is 9.19. The molecule has 16 heavy (non-hydrogen) atoms. The van der Waals surface area contributed by atoms with Gasteiger partial charge >= 0.3 is 0 Å². The molecule has 1 rings (SSSR count). The van der Waals surface area contributed by atoms with Crippen molar-refractivity contribution in [2.45, 2.75) is 31.3 Å². The predicted molar refractivity (Wildman–Crippen MR) is 60.4 cm³/mol. The maximum Gasteiger partial charge on any atom is 0.262 e. The van der Waals surface area contributed by atoms with Crippen LogP contribution in [0.5, 0.6) is 0 Å². The highest BCUT2D eigenvalue weighted by Crippen LogP contribution is 2.14. The fourth-order valence-corrected chi connectivity index (χ4v) is 1.98. The van der Waals surface area contributed by atoms with Crippen LogP contribution in [0.4, 0.5) is 0 Å². The third-order valence-corrected chi connectivity index (χ3v) is 2.85. The van der Waals surface area contributed by atoms with E-state index in [4.69, 9.17) is 16.4 Å². The summed E-state index contributed by atoms with van der Waals surface area (Å²) in [6.07, 6.45) is 1.31. The number of halogens is 1. The molecule has 1 aromatic heterocycles. The fourth-order valence-electron chi connectivity index (χ4n) is 0.780. The molecule has 0 fully saturated rings. The monoisotopic (exact) mass is 264 g/mol. The average Bonchev–Trinajstić information content (AvgIpc) is 2.14. The topological polar surface area (TPSA) is 68.3 Å². The molecule has 7 heteroatoms. The Labute approximate surface area is 99.8 Å². The molecule has 0 unspecified atom stereocenters. The van der Waals surface area contributed by atoms with E-state index in [0.29, 0.717) is 0 Å². The Kier molecular flexibility index (Phi) is 3.90. The smallest absolute Gasteiger partial charge is 0.262 e. The Hall–Kier alpha value is -0.690. The van der Waals surface area contributed by atoms with Crippen molar-refractivity contribution in [3.8, 4) is 0 Å². The van der Waals surface area contributed by atoms with Crippen LogP contribution in [0.2, 0.25) is 5.15 Å². The number of rotatable bonds is 3. The fraction of sp³-hybridized carbons (Fsp3) is 0.444. The largest absolute Gasteiger partial charge is 0.281 e. The molecule has 0 aliphatic carbocycles. The summed E-state index contributed by atoms with van der Waals surface area (Å²) in [4.78, 5) is 10.7. The lowest BCUT2D eigenvalue weighted by molar-refractivity contribution is -0.0357. The van der Waals surface area contributed by atoms with Crippen LogP contribution in [0.3, 0.4) is 0 Å². The van der Waals surface area contributed by atoms with E-state index in [2.05, 4.69) is 4.98 Å². The zero-order valence-corrected chi connectivity index (χ0v) is 10.8. The van der Waals surface area contributed by atoms with E-state index in [0.717, 1.165) is 0 Å². The average molecular weight is 265 g/mol. The number of pyridine rings is 1. The van der Waals surface area contributed by atoms with E-state index >= 15 is 0 Å². The molecule has 1 aromatic rings. The first-order valence-corrected chi connectivity index (χ1v) is 6.38. The minimum Gasteiger partial charge on any atom is -0.281 e. The number of sulfonamides is 1. The molecule has 0 radical (unpaired) electrons. The maximum absolute atomic E-state index is 11.7. The Balaban J connectivity index is 2.87. The molecule has 0 amide bonds. The quantitative estimate of drug-likeness (QED) is 0.667. The molecular formula is C9H13ClN2O3S. The van der Waals surface area contributed by atoms with Gasteiger partial charge in [0, 0.05) is 6.20 Å². The number of nitrogens with zero attached hydrogens (tertiary/aromatic N) is 1. The van der Waals surface area contributed by atoms with Crippen LogP contribution in [-0.2, 0) is 14.9 Å². The Morgan fingerprint density at radius 3 is 2.56 bits per heavy atom. The van der Waals surface area contributed by atoms with E-state index in [1.54, 1.807) is 20.8 Å². The summed E-state index contributed by atoms with van der Waals surface area (Å²) < 4.78 is 23.4. The van der Waals surface area contributed by atoms with Crippen LogP contribution in [0.1, 0.15) is 20.8 Å². The predicted octanol–water partition coefficient (Wildman–Crippen LogP) is 1.74. The van der Waals surface area contributed by atoms with E-state index in [-0.39, 0.29) is 10.0 Å². The van der Waals surface area contributed by atoms with Gasteiger partial charge in [-0.05, 0) is 32.9 Å². The van der Waals surface area contributed by atoms with E-state index in [1.807, 2.05) is 4.89 Å². The van der Waals surface area contributed by atoms with Crippen LogP contribution in [0.25, 0.3) is 0 Å². The van der Waals surface area contributed by atoms with Crippen LogP contribution < -0.4 is 4.89 Å². The van der Waals surface area contributed by atoms with Crippen LogP contribution in [0, 0.1) is 0 Å². The molecular weight excluding hydrogens is 252 g/mol. The van der Waals surface area contributed by atoms with Crippen molar-refractivity contribution in [1.82, 2.24) is 9.87 Å². The summed E-state index contributed by atoms with van der Waals surface area (Å²) in [6, 6.07) is 2.58. The third-order valence-electron chi connectivity index (χ3n) is 1.47. The normalized spacial score (nSPS) is 12.8. The van der Waals surface area contributed by atoms with Crippen molar-refractivity contribution < 1.29 is 13.3 Å². The second kappa shape index (κ2) is 4.67. The molecule has 0 aliphatic rings. The summed E-state index contributed by atoms with van der Waals surface area (Å²) in [5, 5.41) is 0.110. The van der Waals surface area contributed by atoms with Gasteiger partial charge in [-0.1, -0.05) is 16.5 Å². The van der Waals surface area contributed by atoms with Crippen LogP contribution in [0.15, 0.2) is 23.2 Å². The van der Waals surface area contributed by atoms with Crippen LogP contribution in [-0.4, -0.2) is 19.0 Å². The Morgan fingerprint density at radius 2 is 2.06 bits per heavy atom. The van der Waals surface area contributed by atoms with Crippen molar-refractivity contribution >= 4 is 21.6 Å². The van der Waals surface area contributed by atoms with Gasteiger partial charge < -0.3 is 0 Å². The second-order valence-corrected chi connectivity index (χ2v) is 6.15. The first kappa shape index (κ1) is 13.4. The van der Waals surface area contributed by atoms with Gasteiger partial charge in [-0.3, -0.25) is 4.84 Å². The summed E-state index contributed by atoms with van der Waals surface area (Å²) in [5.41, 5.74) is -0.607. The zero-order chi connectivity index (χ0) is 12.4. The van der Waals surface area contributed by atoms with Gasteiger partial charge in [0.15, 0.2) is 0 Å². The molecule has 1 N–H and O–H groups in total. The van der Waals surface area contributed by atoms with Crippen molar-refractivity contribution in [2.24, 2.45) is 0 Å². The van der Waals surface area contributed by atoms with E-state index in [1.165, 1.54) is 18.3 Å². The van der Waals surface area contributed by atoms with Gasteiger partial charge in [-0.2, -0.15) is 0 Å². The van der Waals surface area contributed by atoms with E-state index in [9.17, 15) is 8.42 Å². The molecule has 0 saturated heterocycles.